The van der Waals surface area contributed by atoms with E-state index in [0.717, 1.165) is 5.56 Å². The predicted molar refractivity (Wildman–Crippen MR) is 85.0 cm³/mol. The van der Waals surface area contributed by atoms with Crippen molar-refractivity contribution in [2.24, 2.45) is 0 Å². The summed E-state index contributed by atoms with van der Waals surface area (Å²) in [6.45, 7) is 1.93. The molecule has 0 spiro atoms. The number of phenols is 1. The predicted octanol–water partition coefficient (Wildman–Crippen LogP) is 5.02. The summed E-state index contributed by atoms with van der Waals surface area (Å²) >= 11 is 15.0. The molecule has 0 aromatic heterocycles. The molecule has 20 heavy (non-hydrogen) atoms. The molecule has 2 rings (SSSR count). The van der Waals surface area contributed by atoms with E-state index in [1.165, 1.54) is 12.1 Å². The Balaban J connectivity index is 2.32. The summed E-state index contributed by atoms with van der Waals surface area (Å²) in [6, 6.07) is 8.18. The van der Waals surface area contributed by atoms with Gasteiger partial charge in [0.05, 0.1) is 16.3 Å². The maximum absolute atomic E-state index is 12.2. The van der Waals surface area contributed by atoms with Crippen molar-refractivity contribution >= 4 is 50.7 Å². The first-order valence-corrected chi connectivity index (χ1v) is 7.19. The van der Waals surface area contributed by atoms with Gasteiger partial charge in [-0.05, 0) is 52.7 Å². The number of aromatic hydroxyl groups is 1. The number of benzene rings is 2. The summed E-state index contributed by atoms with van der Waals surface area (Å²) in [5.74, 6) is -0.585. The minimum atomic E-state index is -0.370. The molecule has 0 fully saturated rings. The number of carbonyl (C=O) groups excluding carboxylic acids is 1. The number of aryl methyl sites for hydroxylation is 1. The van der Waals surface area contributed by atoms with Gasteiger partial charge in [-0.2, -0.15) is 0 Å². The van der Waals surface area contributed by atoms with Crippen LogP contribution in [-0.2, 0) is 0 Å². The van der Waals surface area contributed by atoms with Gasteiger partial charge in [0, 0.05) is 9.50 Å². The number of anilines is 1. The first-order chi connectivity index (χ1) is 9.38. The third-order valence-corrected chi connectivity index (χ3v) is 3.81. The zero-order chi connectivity index (χ0) is 14.9. The minimum absolute atomic E-state index is 0.0794. The van der Waals surface area contributed by atoms with E-state index < -0.39 is 0 Å². The number of nitrogens with one attached hydrogen (secondary N) is 1. The highest BCUT2D eigenvalue weighted by atomic mass is 79.9. The molecule has 2 aromatic carbocycles. The largest absolute Gasteiger partial charge is 0.504 e. The van der Waals surface area contributed by atoms with Gasteiger partial charge in [-0.15, -0.1) is 0 Å². The summed E-state index contributed by atoms with van der Waals surface area (Å²) in [5.41, 5.74) is 1.65. The molecule has 104 valence electrons. The normalized spacial score (nSPS) is 10.4. The van der Waals surface area contributed by atoms with Crippen LogP contribution in [0.4, 0.5) is 5.69 Å². The van der Waals surface area contributed by atoms with Crippen LogP contribution in [0.3, 0.4) is 0 Å². The molecule has 0 atom stereocenters. The Bertz CT molecular complexity index is 689. The van der Waals surface area contributed by atoms with Crippen molar-refractivity contribution in [2.75, 3.05) is 5.32 Å². The molecule has 0 saturated carbocycles. The number of hydrogen-bond donors (Lipinski definition) is 2. The highest BCUT2D eigenvalue weighted by Gasteiger charge is 2.14. The van der Waals surface area contributed by atoms with Crippen LogP contribution in [0.1, 0.15) is 15.9 Å². The Morgan fingerprint density at radius 1 is 1.25 bits per heavy atom. The van der Waals surface area contributed by atoms with Crippen molar-refractivity contribution in [1.29, 1.82) is 0 Å². The molecule has 1 amide bonds. The molecule has 0 heterocycles. The molecule has 0 bridgehead atoms. The summed E-state index contributed by atoms with van der Waals surface area (Å²) in [5, 5.41) is 12.8. The van der Waals surface area contributed by atoms with Crippen LogP contribution < -0.4 is 5.32 Å². The molecule has 2 aromatic rings. The van der Waals surface area contributed by atoms with E-state index in [0.29, 0.717) is 15.1 Å². The molecule has 0 aliphatic carbocycles. The van der Waals surface area contributed by atoms with E-state index in [9.17, 15) is 9.90 Å². The molecule has 0 aliphatic heterocycles. The highest BCUT2D eigenvalue weighted by Crippen LogP contribution is 2.35. The van der Waals surface area contributed by atoms with Gasteiger partial charge in [-0.25, -0.2) is 0 Å². The molecular formula is C14H10BrCl2NO2. The average molecular weight is 375 g/mol. The van der Waals surface area contributed by atoms with Crippen LogP contribution in [0, 0.1) is 6.92 Å². The monoisotopic (exact) mass is 373 g/mol. The SMILES string of the molecule is Cc1ccc(C(=O)Nc2cc(Cl)cc(Cl)c2O)c(Br)c1. The Labute approximate surface area is 134 Å². The van der Waals surface area contributed by atoms with Gasteiger partial charge in [0.2, 0.25) is 0 Å². The van der Waals surface area contributed by atoms with E-state index in [4.69, 9.17) is 23.2 Å². The van der Waals surface area contributed by atoms with Crippen LogP contribution in [0.5, 0.6) is 5.75 Å². The molecular weight excluding hydrogens is 365 g/mol. The van der Waals surface area contributed by atoms with E-state index in [1.807, 2.05) is 19.1 Å². The summed E-state index contributed by atoms with van der Waals surface area (Å²) in [7, 11) is 0. The van der Waals surface area contributed by atoms with E-state index in [2.05, 4.69) is 21.2 Å². The first kappa shape index (κ1) is 15.2. The van der Waals surface area contributed by atoms with Gasteiger partial charge in [0.25, 0.3) is 5.91 Å². The zero-order valence-corrected chi connectivity index (χ0v) is 13.5. The molecule has 2 N–H and O–H groups in total. The van der Waals surface area contributed by atoms with Gasteiger partial charge in [-0.1, -0.05) is 29.3 Å². The third-order valence-electron chi connectivity index (χ3n) is 2.65. The first-order valence-electron chi connectivity index (χ1n) is 5.64. The van der Waals surface area contributed by atoms with Crippen LogP contribution in [0.15, 0.2) is 34.8 Å². The van der Waals surface area contributed by atoms with Crippen LogP contribution >= 0.6 is 39.1 Å². The lowest BCUT2D eigenvalue weighted by atomic mass is 10.1. The molecule has 0 saturated heterocycles. The summed E-state index contributed by atoms with van der Waals surface area (Å²) in [4.78, 5) is 12.2. The fourth-order valence-electron chi connectivity index (χ4n) is 1.66. The topological polar surface area (TPSA) is 49.3 Å². The molecule has 0 aliphatic rings. The zero-order valence-electron chi connectivity index (χ0n) is 10.4. The van der Waals surface area contributed by atoms with E-state index in [1.54, 1.807) is 6.07 Å². The standard InChI is InChI=1S/C14H10BrCl2NO2/c1-7-2-3-9(10(15)4-7)14(20)18-12-6-8(16)5-11(17)13(12)19/h2-6,19H,1H3,(H,18,20). The Hall–Kier alpha value is -1.23. The Morgan fingerprint density at radius 3 is 2.60 bits per heavy atom. The van der Waals surface area contributed by atoms with Crippen LogP contribution in [0.2, 0.25) is 10.0 Å². The average Bonchev–Trinajstić information content (AvgIpc) is 2.35. The number of hydrogen-bond acceptors (Lipinski definition) is 2. The Morgan fingerprint density at radius 2 is 1.95 bits per heavy atom. The lowest BCUT2D eigenvalue weighted by Crippen LogP contribution is -2.12. The van der Waals surface area contributed by atoms with Gasteiger partial charge in [0.15, 0.2) is 5.75 Å². The van der Waals surface area contributed by atoms with Crippen molar-refractivity contribution in [2.45, 2.75) is 6.92 Å². The lowest BCUT2D eigenvalue weighted by molar-refractivity contribution is 0.102. The number of amides is 1. The molecule has 0 radical (unpaired) electrons. The van der Waals surface area contributed by atoms with Crippen LogP contribution in [0.25, 0.3) is 0 Å². The summed E-state index contributed by atoms with van der Waals surface area (Å²) in [6.07, 6.45) is 0. The van der Waals surface area contributed by atoms with Crippen molar-refractivity contribution in [3.63, 3.8) is 0 Å². The van der Waals surface area contributed by atoms with Crippen molar-refractivity contribution < 1.29 is 9.90 Å². The minimum Gasteiger partial charge on any atom is -0.504 e. The van der Waals surface area contributed by atoms with Gasteiger partial charge >= 0.3 is 0 Å². The lowest BCUT2D eigenvalue weighted by Gasteiger charge is -2.10. The molecule has 3 nitrogen and oxygen atoms in total. The highest BCUT2D eigenvalue weighted by molar-refractivity contribution is 9.10. The second kappa shape index (κ2) is 6.04. The van der Waals surface area contributed by atoms with Gasteiger partial charge in [-0.3, -0.25) is 4.79 Å². The second-order valence-electron chi connectivity index (χ2n) is 4.22. The van der Waals surface area contributed by atoms with E-state index in [-0.39, 0.29) is 22.4 Å². The van der Waals surface area contributed by atoms with Gasteiger partial charge < -0.3 is 10.4 Å². The van der Waals surface area contributed by atoms with Crippen molar-refractivity contribution in [3.05, 3.63) is 56.0 Å². The third kappa shape index (κ3) is 3.26. The number of halogens is 3. The number of carbonyl (C=O) groups is 1. The fourth-order valence-corrected chi connectivity index (χ4v) is 2.82. The van der Waals surface area contributed by atoms with Crippen LogP contribution in [-0.4, -0.2) is 11.0 Å². The second-order valence-corrected chi connectivity index (χ2v) is 5.92. The summed E-state index contributed by atoms with van der Waals surface area (Å²) < 4.78 is 0.669. The fraction of sp³-hybridized carbons (Fsp3) is 0.0714. The van der Waals surface area contributed by atoms with Crippen molar-refractivity contribution in [1.82, 2.24) is 0 Å². The molecule has 6 heteroatoms. The van der Waals surface area contributed by atoms with Crippen molar-refractivity contribution in [3.8, 4) is 5.75 Å². The maximum atomic E-state index is 12.2. The van der Waals surface area contributed by atoms with E-state index >= 15 is 0 Å². The molecule has 0 unspecified atom stereocenters. The quantitative estimate of drug-likeness (QED) is 0.725. The number of phenolic OH excluding ortho intramolecular Hbond substituents is 1. The number of rotatable bonds is 2. The maximum Gasteiger partial charge on any atom is 0.256 e. The van der Waals surface area contributed by atoms with Gasteiger partial charge in [0.1, 0.15) is 0 Å². The smallest absolute Gasteiger partial charge is 0.256 e. The Kier molecular flexibility index (Phi) is 4.58.